The van der Waals surface area contributed by atoms with Crippen molar-refractivity contribution in [3.8, 4) is 0 Å². The van der Waals surface area contributed by atoms with E-state index in [0.29, 0.717) is 18.7 Å². The van der Waals surface area contributed by atoms with E-state index >= 15 is 0 Å². The van der Waals surface area contributed by atoms with Gasteiger partial charge in [0, 0.05) is 28.1 Å². The molecule has 1 N–H and O–H groups in total. The van der Waals surface area contributed by atoms with Gasteiger partial charge in [-0.05, 0) is 48.4 Å². The fourth-order valence-corrected chi connectivity index (χ4v) is 2.50. The molecule has 0 aliphatic carbocycles. The van der Waals surface area contributed by atoms with Gasteiger partial charge in [-0.3, -0.25) is 0 Å². The lowest BCUT2D eigenvalue weighted by Crippen LogP contribution is -2.14. The molecule has 0 aromatic heterocycles. The Morgan fingerprint density at radius 2 is 1.84 bits per heavy atom. The Morgan fingerprint density at radius 3 is 2.58 bits per heavy atom. The van der Waals surface area contributed by atoms with Crippen molar-refractivity contribution in [2.24, 2.45) is 0 Å². The second-order valence-electron chi connectivity index (χ2n) is 4.41. The van der Waals surface area contributed by atoms with Crippen molar-refractivity contribution in [1.29, 1.82) is 0 Å². The number of benzene rings is 2. The summed E-state index contributed by atoms with van der Waals surface area (Å²) in [6.07, 6.45) is 0. The predicted octanol–water partition coefficient (Wildman–Crippen LogP) is 4.84. The summed E-state index contributed by atoms with van der Waals surface area (Å²) < 4.78 is 14.4. The summed E-state index contributed by atoms with van der Waals surface area (Å²) >= 11 is 9.25. The molecule has 0 aliphatic rings. The van der Waals surface area contributed by atoms with Crippen LogP contribution in [0, 0.1) is 12.7 Å². The van der Waals surface area contributed by atoms with Crippen LogP contribution in [0.4, 0.5) is 4.39 Å². The fraction of sp³-hybridized carbons (Fsp3) is 0.200. The van der Waals surface area contributed by atoms with Crippen molar-refractivity contribution in [3.63, 3.8) is 0 Å². The van der Waals surface area contributed by atoms with Gasteiger partial charge in [-0.15, -0.1) is 0 Å². The molecule has 0 spiro atoms. The van der Waals surface area contributed by atoms with Crippen LogP contribution in [0.25, 0.3) is 0 Å². The maximum Gasteiger partial charge on any atom is 0.127 e. The zero-order valence-corrected chi connectivity index (χ0v) is 12.9. The topological polar surface area (TPSA) is 12.0 Å². The minimum atomic E-state index is -0.191. The van der Waals surface area contributed by atoms with Gasteiger partial charge in [-0.1, -0.05) is 33.6 Å². The molecule has 0 saturated heterocycles. The van der Waals surface area contributed by atoms with Crippen molar-refractivity contribution in [1.82, 2.24) is 5.32 Å². The minimum absolute atomic E-state index is 0.191. The maximum atomic E-state index is 13.5. The van der Waals surface area contributed by atoms with Crippen LogP contribution in [-0.4, -0.2) is 0 Å². The Labute approximate surface area is 125 Å². The number of hydrogen-bond acceptors (Lipinski definition) is 1. The Morgan fingerprint density at radius 1 is 1.11 bits per heavy atom. The molecule has 0 aliphatic heterocycles. The lowest BCUT2D eigenvalue weighted by molar-refractivity contribution is 0.587. The Kier molecular flexibility index (Phi) is 4.97. The molecular formula is C15H14BrClFN. The van der Waals surface area contributed by atoms with Gasteiger partial charge in [0.1, 0.15) is 5.82 Å². The fourth-order valence-electron chi connectivity index (χ4n) is 1.87. The van der Waals surface area contributed by atoms with Crippen molar-refractivity contribution in [2.75, 3.05) is 0 Å². The molecule has 0 amide bonds. The average molecular weight is 343 g/mol. The standard InChI is InChI=1S/C15H14BrClFN/c1-10-6-14(17)4-2-11(10)8-19-9-12-7-13(16)3-5-15(12)18/h2-7,19H,8-9H2,1H3. The number of aryl methyl sites for hydroxylation is 1. The SMILES string of the molecule is Cc1cc(Cl)ccc1CNCc1cc(Br)ccc1F. The number of nitrogens with one attached hydrogen (secondary N) is 1. The van der Waals surface area contributed by atoms with Crippen LogP contribution in [0.1, 0.15) is 16.7 Å². The lowest BCUT2D eigenvalue weighted by Gasteiger charge is -2.09. The summed E-state index contributed by atoms with van der Waals surface area (Å²) in [5.41, 5.74) is 2.95. The molecular weight excluding hydrogens is 329 g/mol. The minimum Gasteiger partial charge on any atom is -0.309 e. The lowest BCUT2D eigenvalue weighted by atomic mass is 10.1. The predicted molar refractivity (Wildman–Crippen MR) is 80.8 cm³/mol. The molecule has 4 heteroatoms. The summed E-state index contributed by atoms with van der Waals surface area (Å²) in [6.45, 7) is 3.20. The monoisotopic (exact) mass is 341 g/mol. The van der Waals surface area contributed by atoms with E-state index in [0.717, 1.165) is 15.1 Å². The van der Waals surface area contributed by atoms with Crippen LogP contribution >= 0.6 is 27.5 Å². The van der Waals surface area contributed by atoms with E-state index in [1.807, 2.05) is 25.1 Å². The molecule has 1 nitrogen and oxygen atoms in total. The molecule has 0 saturated carbocycles. The molecule has 2 rings (SSSR count). The van der Waals surface area contributed by atoms with E-state index in [4.69, 9.17) is 11.6 Å². The van der Waals surface area contributed by atoms with Gasteiger partial charge in [0.05, 0.1) is 0 Å². The third kappa shape index (κ3) is 4.03. The summed E-state index contributed by atoms with van der Waals surface area (Å²) in [5, 5.41) is 3.98. The first kappa shape index (κ1) is 14.5. The van der Waals surface area contributed by atoms with Crippen LogP contribution in [0.15, 0.2) is 40.9 Å². The molecule has 2 aromatic rings. The van der Waals surface area contributed by atoms with Gasteiger partial charge in [0.2, 0.25) is 0 Å². The van der Waals surface area contributed by atoms with Crippen LogP contribution in [0.5, 0.6) is 0 Å². The van der Waals surface area contributed by atoms with Gasteiger partial charge < -0.3 is 5.32 Å². The second-order valence-corrected chi connectivity index (χ2v) is 5.76. The van der Waals surface area contributed by atoms with Crippen molar-refractivity contribution < 1.29 is 4.39 Å². The highest BCUT2D eigenvalue weighted by atomic mass is 79.9. The quantitative estimate of drug-likeness (QED) is 0.838. The number of halogens is 3. The van der Waals surface area contributed by atoms with Gasteiger partial charge in [-0.25, -0.2) is 4.39 Å². The van der Waals surface area contributed by atoms with E-state index in [2.05, 4.69) is 21.2 Å². The maximum absolute atomic E-state index is 13.5. The first-order valence-electron chi connectivity index (χ1n) is 5.96. The van der Waals surface area contributed by atoms with Gasteiger partial charge >= 0.3 is 0 Å². The second kappa shape index (κ2) is 6.51. The van der Waals surface area contributed by atoms with Crippen molar-refractivity contribution in [3.05, 3.63) is 68.4 Å². The highest BCUT2D eigenvalue weighted by Crippen LogP contribution is 2.17. The van der Waals surface area contributed by atoms with Crippen LogP contribution in [0.2, 0.25) is 5.02 Å². The molecule has 2 aromatic carbocycles. The largest absolute Gasteiger partial charge is 0.309 e. The first-order valence-corrected chi connectivity index (χ1v) is 7.13. The zero-order valence-electron chi connectivity index (χ0n) is 10.5. The van der Waals surface area contributed by atoms with Crippen molar-refractivity contribution in [2.45, 2.75) is 20.0 Å². The van der Waals surface area contributed by atoms with Gasteiger partial charge in [-0.2, -0.15) is 0 Å². The van der Waals surface area contributed by atoms with E-state index in [1.54, 1.807) is 12.1 Å². The smallest absolute Gasteiger partial charge is 0.127 e. The molecule has 0 atom stereocenters. The zero-order chi connectivity index (χ0) is 13.8. The van der Waals surface area contributed by atoms with E-state index in [9.17, 15) is 4.39 Å². The van der Waals surface area contributed by atoms with Crippen LogP contribution in [0.3, 0.4) is 0 Å². The number of rotatable bonds is 4. The average Bonchev–Trinajstić information content (AvgIpc) is 2.36. The van der Waals surface area contributed by atoms with Crippen LogP contribution < -0.4 is 5.32 Å². The molecule has 19 heavy (non-hydrogen) atoms. The molecule has 0 fully saturated rings. The first-order chi connectivity index (χ1) is 9.06. The Balaban J connectivity index is 1.98. The molecule has 0 radical (unpaired) electrons. The summed E-state index contributed by atoms with van der Waals surface area (Å²) in [6, 6.07) is 10.7. The highest BCUT2D eigenvalue weighted by molar-refractivity contribution is 9.10. The van der Waals surface area contributed by atoms with E-state index < -0.39 is 0 Å². The van der Waals surface area contributed by atoms with Gasteiger partial charge in [0.25, 0.3) is 0 Å². The summed E-state index contributed by atoms with van der Waals surface area (Å²) in [7, 11) is 0. The normalized spacial score (nSPS) is 10.7. The third-order valence-corrected chi connectivity index (χ3v) is 3.67. The third-order valence-electron chi connectivity index (χ3n) is 2.94. The molecule has 0 heterocycles. The Bertz CT molecular complexity index is 586. The number of hydrogen-bond donors (Lipinski definition) is 1. The van der Waals surface area contributed by atoms with Crippen LogP contribution in [-0.2, 0) is 13.1 Å². The summed E-state index contributed by atoms with van der Waals surface area (Å²) in [4.78, 5) is 0. The Hall–Kier alpha value is -0.900. The molecule has 100 valence electrons. The summed E-state index contributed by atoms with van der Waals surface area (Å²) in [5.74, 6) is -0.191. The van der Waals surface area contributed by atoms with Gasteiger partial charge in [0.15, 0.2) is 0 Å². The van der Waals surface area contributed by atoms with Crippen molar-refractivity contribution >= 4 is 27.5 Å². The highest BCUT2D eigenvalue weighted by Gasteiger charge is 2.03. The van der Waals surface area contributed by atoms with E-state index in [1.165, 1.54) is 11.6 Å². The molecule has 0 unspecified atom stereocenters. The van der Waals surface area contributed by atoms with E-state index in [-0.39, 0.29) is 5.82 Å². The molecule has 0 bridgehead atoms.